The normalized spacial score (nSPS) is 26.9. The molecule has 2 fully saturated rings. The third-order valence-electron chi connectivity index (χ3n) is 6.70. The van der Waals surface area contributed by atoms with Crippen molar-refractivity contribution in [3.63, 3.8) is 0 Å². The van der Waals surface area contributed by atoms with E-state index in [9.17, 15) is 26.3 Å². The molecule has 31 heavy (non-hydrogen) atoms. The SMILES string of the molecule is CN1C2CCC(OCc3cc(C(F)(F)F)cc(C(F)(F)F)c3)C1(c1ccccc1)CC2. The Hall–Kier alpha value is -2.06. The van der Waals surface area contributed by atoms with E-state index in [-0.39, 0.29) is 24.3 Å². The van der Waals surface area contributed by atoms with Crippen molar-refractivity contribution in [2.75, 3.05) is 7.05 Å². The summed E-state index contributed by atoms with van der Waals surface area (Å²) in [6, 6.07) is 11.8. The molecule has 168 valence electrons. The van der Waals surface area contributed by atoms with Gasteiger partial charge in [-0.15, -0.1) is 0 Å². The molecule has 8 heteroatoms. The maximum atomic E-state index is 13.2. The Morgan fingerprint density at radius 2 is 1.52 bits per heavy atom. The van der Waals surface area contributed by atoms with Crippen LogP contribution in [0.3, 0.4) is 0 Å². The minimum absolute atomic E-state index is 0.131. The molecule has 0 spiro atoms. The number of alkyl halides is 6. The first kappa shape index (κ1) is 22.1. The molecule has 0 saturated carbocycles. The first-order valence-electron chi connectivity index (χ1n) is 10.2. The van der Waals surface area contributed by atoms with Gasteiger partial charge in [-0.1, -0.05) is 30.3 Å². The van der Waals surface area contributed by atoms with Gasteiger partial charge in [0.15, 0.2) is 0 Å². The van der Waals surface area contributed by atoms with E-state index >= 15 is 0 Å². The van der Waals surface area contributed by atoms with E-state index in [2.05, 4.69) is 4.90 Å². The number of hydrogen-bond donors (Lipinski definition) is 0. The first-order valence-corrected chi connectivity index (χ1v) is 10.2. The summed E-state index contributed by atoms with van der Waals surface area (Å²) in [5.74, 6) is 0. The molecular weight excluding hydrogens is 420 g/mol. The zero-order chi connectivity index (χ0) is 22.4. The minimum Gasteiger partial charge on any atom is -0.371 e. The first-order chi connectivity index (χ1) is 14.5. The summed E-state index contributed by atoms with van der Waals surface area (Å²) in [4.78, 5) is 2.27. The maximum absolute atomic E-state index is 13.2. The van der Waals surface area contributed by atoms with Crippen LogP contribution in [-0.4, -0.2) is 24.1 Å². The lowest BCUT2D eigenvalue weighted by Gasteiger charge is -2.48. The van der Waals surface area contributed by atoms with E-state index in [4.69, 9.17) is 4.74 Å². The number of halogens is 6. The van der Waals surface area contributed by atoms with Crippen LogP contribution in [0.2, 0.25) is 0 Å². The largest absolute Gasteiger partial charge is 0.416 e. The molecule has 0 aromatic heterocycles. The highest BCUT2D eigenvalue weighted by atomic mass is 19.4. The fourth-order valence-electron chi connectivity index (χ4n) is 5.17. The molecule has 3 atom stereocenters. The smallest absolute Gasteiger partial charge is 0.371 e. The highest BCUT2D eigenvalue weighted by Gasteiger charge is 2.54. The summed E-state index contributed by atoms with van der Waals surface area (Å²) < 4.78 is 85.1. The Balaban J connectivity index is 1.64. The van der Waals surface area contributed by atoms with Gasteiger partial charge in [0, 0.05) is 6.04 Å². The number of ether oxygens (including phenoxy) is 1. The van der Waals surface area contributed by atoms with Crippen molar-refractivity contribution in [1.29, 1.82) is 0 Å². The van der Waals surface area contributed by atoms with Gasteiger partial charge in [-0.2, -0.15) is 26.3 Å². The van der Waals surface area contributed by atoms with E-state index in [1.807, 2.05) is 37.4 Å². The molecule has 2 aliphatic rings. The molecular formula is C23H23F6NO. The molecule has 2 bridgehead atoms. The van der Waals surface area contributed by atoms with E-state index < -0.39 is 29.0 Å². The van der Waals surface area contributed by atoms with Crippen LogP contribution < -0.4 is 0 Å². The van der Waals surface area contributed by atoms with Gasteiger partial charge >= 0.3 is 12.4 Å². The predicted octanol–water partition coefficient (Wildman–Crippen LogP) is 6.39. The molecule has 4 rings (SSSR count). The molecule has 0 radical (unpaired) electrons. The fraction of sp³-hybridized carbons (Fsp3) is 0.478. The average molecular weight is 443 g/mol. The van der Waals surface area contributed by atoms with Crippen molar-refractivity contribution in [2.24, 2.45) is 0 Å². The molecule has 2 aliphatic heterocycles. The Bertz CT molecular complexity index is 894. The van der Waals surface area contributed by atoms with E-state index in [0.29, 0.717) is 12.5 Å². The number of hydrogen-bond acceptors (Lipinski definition) is 2. The lowest BCUT2D eigenvalue weighted by molar-refractivity contribution is -0.143. The minimum atomic E-state index is -4.87. The van der Waals surface area contributed by atoms with Gasteiger partial charge in [-0.05, 0) is 62.1 Å². The van der Waals surface area contributed by atoms with Gasteiger partial charge < -0.3 is 4.74 Å². The predicted molar refractivity (Wildman–Crippen MR) is 103 cm³/mol. The molecule has 0 amide bonds. The van der Waals surface area contributed by atoms with Crippen LogP contribution in [0.1, 0.15) is 47.9 Å². The quantitative estimate of drug-likeness (QED) is 0.508. The zero-order valence-corrected chi connectivity index (χ0v) is 16.9. The Kier molecular flexibility index (Phi) is 5.58. The number of piperidine rings is 1. The lowest BCUT2D eigenvalue weighted by Crippen LogP contribution is -2.55. The van der Waals surface area contributed by atoms with Gasteiger partial charge in [0.05, 0.1) is 29.4 Å². The second-order valence-corrected chi connectivity index (χ2v) is 8.38. The number of benzene rings is 2. The summed E-state index contributed by atoms with van der Waals surface area (Å²) >= 11 is 0. The Labute approximate surface area is 176 Å². The van der Waals surface area contributed by atoms with Crippen molar-refractivity contribution in [3.8, 4) is 0 Å². The summed E-state index contributed by atoms with van der Waals surface area (Å²) in [6.45, 7) is -0.315. The van der Waals surface area contributed by atoms with Crippen LogP contribution in [-0.2, 0) is 29.2 Å². The lowest BCUT2D eigenvalue weighted by atomic mass is 9.79. The van der Waals surface area contributed by atoms with Crippen LogP contribution in [0.15, 0.2) is 48.5 Å². The van der Waals surface area contributed by atoms with E-state index in [0.717, 1.165) is 37.0 Å². The highest BCUT2D eigenvalue weighted by Crippen LogP contribution is 2.51. The maximum Gasteiger partial charge on any atom is 0.416 e. The monoisotopic (exact) mass is 443 g/mol. The van der Waals surface area contributed by atoms with Crippen molar-refractivity contribution in [1.82, 2.24) is 4.90 Å². The molecule has 2 aromatic rings. The second-order valence-electron chi connectivity index (χ2n) is 8.38. The molecule has 2 aromatic carbocycles. The van der Waals surface area contributed by atoms with Crippen LogP contribution >= 0.6 is 0 Å². The third-order valence-corrected chi connectivity index (χ3v) is 6.70. The standard InChI is InChI=1S/C23H23F6NO/c1-30-19-7-8-20(21(30,10-9-19)16-5-3-2-4-6-16)31-14-15-11-17(22(24,25)26)13-18(12-15)23(27,28)29/h2-6,11-13,19-20H,7-10,14H2,1H3. The fourth-order valence-corrected chi connectivity index (χ4v) is 5.17. The number of rotatable bonds is 4. The Morgan fingerprint density at radius 1 is 0.903 bits per heavy atom. The van der Waals surface area contributed by atoms with Crippen molar-refractivity contribution in [2.45, 2.75) is 62.3 Å². The van der Waals surface area contributed by atoms with Gasteiger partial charge in [-0.3, -0.25) is 4.90 Å². The second kappa shape index (κ2) is 7.81. The van der Waals surface area contributed by atoms with Gasteiger partial charge in [0.1, 0.15) is 0 Å². The topological polar surface area (TPSA) is 12.5 Å². The van der Waals surface area contributed by atoms with Crippen molar-refractivity contribution in [3.05, 3.63) is 70.8 Å². The van der Waals surface area contributed by atoms with Gasteiger partial charge in [-0.25, -0.2) is 0 Å². The number of fused-ring (bicyclic) bond motifs is 2. The zero-order valence-electron chi connectivity index (χ0n) is 16.9. The number of likely N-dealkylation sites (N-methyl/N-ethyl adjacent to an activating group) is 1. The van der Waals surface area contributed by atoms with Crippen LogP contribution in [0.5, 0.6) is 0 Å². The van der Waals surface area contributed by atoms with Gasteiger partial charge in [0.25, 0.3) is 0 Å². The molecule has 0 N–H and O–H groups in total. The van der Waals surface area contributed by atoms with Crippen LogP contribution in [0, 0.1) is 0 Å². The molecule has 3 unspecified atom stereocenters. The summed E-state index contributed by atoms with van der Waals surface area (Å²) in [5, 5.41) is 0. The summed E-state index contributed by atoms with van der Waals surface area (Å²) in [7, 11) is 2.02. The highest BCUT2D eigenvalue weighted by molar-refractivity contribution is 5.34. The number of nitrogens with zero attached hydrogens (tertiary/aromatic N) is 1. The summed E-state index contributed by atoms with van der Waals surface area (Å²) in [6.07, 6.45) is -6.67. The molecule has 2 heterocycles. The average Bonchev–Trinajstić information content (AvgIpc) is 2.92. The molecule has 2 saturated heterocycles. The Morgan fingerprint density at radius 3 is 2.10 bits per heavy atom. The third kappa shape index (κ3) is 4.07. The van der Waals surface area contributed by atoms with Crippen LogP contribution in [0.25, 0.3) is 0 Å². The van der Waals surface area contributed by atoms with Crippen LogP contribution in [0.4, 0.5) is 26.3 Å². The molecule has 2 nitrogen and oxygen atoms in total. The summed E-state index contributed by atoms with van der Waals surface area (Å²) in [5.41, 5.74) is -2.14. The van der Waals surface area contributed by atoms with E-state index in [1.165, 1.54) is 0 Å². The van der Waals surface area contributed by atoms with E-state index in [1.54, 1.807) is 0 Å². The molecule has 0 aliphatic carbocycles. The van der Waals surface area contributed by atoms with Gasteiger partial charge in [0.2, 0.25) is 0 Å². The van der Waals surface area contributed by atoms with Crippen molar-refractivity contribution >= 4 is 0 Å². The van der Waals surface area contributed by atoms with Crippen molar-refractivity contribution < 1.29 is 31.1 Å².